The van der Waals surface area contributed by atoms with E-state index < -0.39 is 5.97 Å². The van der Waals surface area contributed by atoms with Crippen LogP contribution in [0.4, 0.5) is 4.79 Å². The van der Waals surface area contributed by atoms with E-state index >= 15 is 0 Å². The van der Waals surface area contributed by atoms with Gasteiger partial charge in [-0.1, -0.05) is 0 Å². The number of aliphatic carboxylic acids is 1. The van der Waals surface area contributed by atoms with Gasteiger partial charge in [-0.25, -0.2) is 4.79 Å². The number of hydrogen-bond donors (Lipinski definition) is 2. The number of carboxylic acid groups (broad SMARTS) is 1. The molecule has 0 bridgehead atoms. The molecule has 0 radical (unpaired) electrons. The predicted molar refractivity (Wildman–Crippen MR) is 77.9 cm³/mol. The van der Waals surface area contributed by atoms with Gasteiger partial charge in [-0.2, -0.15) is 0 Å². The molecule has 0 aliphatic carbocycles. The molecule has 1 fully saturated rings. The number of nitrogens with one attached hydrogen (secondary N) is 1. The lowest BCUT2D eigenvalue weighted by Crippen LogP contribution is -2.47. The molecule has 2 N–H and O–H groups in total. The molecule has 1 rings (SSSR count). The van der Waals surface area contributed by atoms with Crippen LogP contribution in [0, 0.1) is 5.92 Å². The highest BCUT2D eigenvalue weighted by molar-refractivity contribution is 5.78. The summed E-state index contributed by atoms with van der Waals surface area (Å²) < 4.78 is 0. The average molecular weight is 299 g/mol. The first-order chi connectivity index (χ1) is 9.93. The van der Waals surface area contributed by atoms with Gasteiger partial charge in [0.1, 0.15) is 0 Å². The van der Waals surface area contributed by atoms with Crippen LogP contribution in [0.25, 0.3) is 0 Å². The highest BCUT2D eigenvalue weighted by Crippen LogP contribution is 2.21. The molecule has 0 aromatic rings. The van der Waals surface area contributed by atoms with Gasteiger partial charge in [-0.15, -0.1) is 0 Å². The summed E-state index contributed by atoms with van der Waals surface area (Å²) in [5, 5.41) is 11.3. The molecule has 1 unspecified atom stereocenters. The van der Waals surface area contributed by atoms with Gasteiger partial charge in [0.25, 0.3) is 0 Å². The van der Waals surface area contributed by atoms with Gasteiger partial charge < -0.3 is 20.2 Å². The molecular formula is C14H25N3O4. The monoisotopic (exact) mass is 299 g/mol. The highest BCUT2D eigenvalue weighted by atomic mass is 16.4. The quantitative estimate of drug-likeness (QED) is 0.757. The number of likely N-dealkylation sites (tertiary alicyclic amines) is 1. The zero-order valence-electron chi connectivity index (χ0n) is 12.8. The summed E-state index contributed by atoms with van der Waals surface area (Å²) >= 11 is 0. The van der Waals surface area contributed by atoms with Gasteiger partial charge in [0.2, 0.25) is 5.91 Å². The van der Waals surface area contributed by atoms with E-state index in [9.17, 15) is 14.4 Å². The fraction of sp³-hybridized carbons (Fsp3) is 0.786. The number of urea groups is 1. The Balaban J connectivity index is 2.41. The van der Waals surface area contributed by atoms with Crippen molar-refractivity contribution in [3.05, 3.63) is 0 Å². The number of hydrogen-bond acceptors (Lipinski definition) is 3. The summed E-state index contributed by atoms with van der Waals surface area (Å²) in [5.41, 5.74) is 0. The Morgan fingerprint density at radius 1 is 1.33 bits per heavy atom. The molecule has 0 spiro atoms. The largest absolute Gasteiger partial charge is 0.481 e. The topological polar surface area (TPSA) is 90.0 Å². The Hall–Kier alpha value is -1.79. The van der Waals surface area contributed by atoms with E-state index in [1.165, 1.54) is 0 Å². The van der Waals surface area contributed by atoms with Crippen LogP contribution in [0.5, 0.6) is 0 Å². The molecule has 0 saturated carbocycles. The number of carboxylic acids is 1. The van der Waals surface area contributed by atoms with Crippen molar-refractivity contribution in [1.82, 2.24) is 15.1 Å². The lowest BCUT2D eigenvalue weighted by Gasteiger charge is -2.35. The Morgan fingerprint density at radius 2 is 2.05 bits per heavy atom. The van der Waals surface area contributed by atoms with Crippen molar-refractivity contribution in [3.8, 4) is 0 Å². The lowest BCUT2D eigenvalue weighted by atomic mass is 9.93. The molecule has 3 amide bonds. The summed E-state index contributed by atoms with van der Waals surface area (Å²) in [6.45, 7) is 1.69. The van der Waals surface area contributed by atoms with Crippen LogP contribution < -0.4 is 5.32 Å². The van der Waals surface area contributed by atoms with Crippen LogP contribution in [-0.2, 0) is 9.59 Å². The molecule has 0 aromatic carbocycles. The van der Waals surface area contributed by atoms with Crippen LogP contribution in [0.3, 0.4) is 0 Å². The van der Waals surface area contributed by atoms with E-state index in [4.69, 9.17) is 5.11 Å². The van der Waals surface area contributed by atoms with Crippen LogP contribution in [0.15, 0.2) is 0 Å². The normalized spacial score (nSPS) is 18.2. The highest BCUT2D eigenvalue weighted by Gasteiger charge is 2.26. The summed E-state index contributed by atoms with van der Waals surface area (Å²) in [7, 11) is 3.26. The zero-order valence-corrected chi connectivity index (χ0v) is 12.8. The Kier molecular flexibility index (Phi) is 6.98. The van der Waals surface area contributed by atoms with Gasteiger partial charge in [0, 0.05) is 46.6 Å². The van der Waals surface area contributed by atoms with E-state index in [0.29, 0.717) is 26.1 Å². The standard InChI is InChI=1S/C14H25N3O4/c1-15-12(18)7-9-16(2)14(21)17-8-3-4-11(10-17)5-6-13(19)20/h11H,3-10H2,1-2H3,(H,15,18)(H,19,20). The van der Waals surface area contributed by atoms with E-state index in [1.54, 1.807) is 23.9 Å². The summed E-state index contributed by atoms with van der Waals surface area (Å²) in [6, 6.07) is -0.0843. The Labute approximate surface area is 125 Å². The van der Waals surface area contributed by atoms with Crippen molar-refractivity contribution in [2.24, 2.45) is 5.92 Å². The lowest BCUT2D eigenvalue weighted by molar-refractivity contribution is -0.137. The van der Waals surface area contributed by atoms with Crippen LogP contribution in [-0.4, -0.2) is 66.5 Å². The average Bonchev–Trinajstić information content (AvgIpc) is 2.49. The second-order valence-electron chi connectivity index (χ2n) is 5.51. The van der Waals surface area contributed by atoms with Crippen molar-refractivity contribution in [1.29, 1.82) is 0 Å². The summed E-state index contributed by atoms with van der Waals surface area (Å²) in [4.78, 5) is 37.4. The molecule has 21 heavy (non-hydrogen) atoms. The third-order valence-electron chi connectivity index (χ3n) is 3.84. The zero-order chi connectivity index (χ0) is 15.8. The fourth-order valence-corrected chi connectivity index (χ4v) is 2.53. The molecule has 7 nitrogen and oxygen atoms in total. The molecule has 0 aromatic heterocycles. The molecule has 1 atom stereocenters. The number of carbonyl (C=O) groups is 3. The molecule has 120 valence electrons. The third kappa shape index (κ3) is 6.01. The Morgan fingerprint density at radius 3 is 2.67 bits per heavy atom. The van der Waals surface area contributed by atoms with Crippen molar-refractivity contribution in [2.45, 2.75) is 32.1 Å². The van der Waals surface area contributed by atoms with Gasteiger partial charge in [-0.05, 0) is 25.2 Å². The number of nitrogens with zero attached hydrogens (tertiary/aromatic N) is 2. The molecule has 1 aliphatic heterocycles. The van der Waals surface area contributed by atoms with E-state index in [-0.39, 0.29) is 30.7 Å². The number of carbonyl (C=O) groups excluding carboxylic acids is 2. The van der Waals surface area contributed by atoms with Crippen molar-refractivity contribution < 1.29 is 19.5 Å². The second-order valence-corrected chi connectivity index (χ2v) is 5.51. The first kappa shape index (κ1) is 17.3. The summed E-state index contributed by atoms with van der Waals surface area (Å²) in [6.07, 6.45) is 2.92. The first-order valence-electron chi connectivity index (χ1n) is 7.36. The minimum atomic E-state index is -0.791. The minimum Gasteiger partial charge on any atom is -0.481 e. The molecule has 7 heteroatoms. The van der Waals surface area contributed by atoms with Gasteiger partial charge in [0.05, 0.1) is 0 Å². The second kappa shape index (κ2) is 8.49. The molecule has 1 heterocycles. The number of rotatable bonds is 6. The molecular weight excluding hydrogens is 274 g/mol. The maximum absolute atomic E-state index is 12.3. The van der Waals surface area contributed by atoms with Gasteiger partial charge in [-0.3, -0.25) is 9.59 Å². The van der Waals surface area contributed by atoms with Crippen molar-refractivity contribution in [2.75, 3.05) is 33.7 Å². The van der Waals surface area contributed by atoms with Crippen LogP contribution in [0.2, 0.25) is 0 Å². The Bertz CT molecular complexity index is 386. The maximum atomic E-state index is 12.3. The predicted octanol–water partition coefficient (Wildman–Crippen LogP) is 0.751. The third-order valence-corrected chi connectivity index (χ3v) is 3.84. The van der Waals surface area contributed by atoms with Crippen molar-refractivity contribution >= 4 is 17.9 Å². The van der Waals surface area contributed by atoms with Crippen molar-refractivity contribution in [3.63, 3.8) is 0 Å². The van der Waals surface area contributed by atoms with E-state index in [0.717, 1.165) is 12.8 Å². The van der Waals surface area contributed by atoms with Crippen LogP contribution >= 0.6 is 0 Å². The van der Waals surface area contributed by atoms with Gasteiger partial charge in [0.15, 0.2) is 0 Å². The van der Waals surface area contributed by atoms with E-state index in [2.05, 4.69) is 5.32 Å². The fourth-order valence-electron chi connectivity index (χ4n) is 2.53. The molecule has 1 aliphatic rings. The number of amides is 3. The number of piperidine rings is 1. The maximum Gasteiger partial charge on any atom is 0.319 e. The first-order valence-corrected chi connectivity index (χ1v) is 7.36. The SMILES string of the molecule is CNC(=O)CCN(C)C(=O)N1CCCC(CCC(=O)O)C1. The molecule has 1 saturated heterocycles. The smallest absolute Gasteiger partial charge is 0.319 e. The summed E-state index contributed by atoms with van der Waals surface area (Å²) in [5.74, 6) is -0.625. The minimum absolute atomic E-state index is 0.0843. The van der Waals surface area contributed by atoms with Crippen LogP contribution in [0.1, 0.15) is 32.1 Å². The van der Waals surface area contributed by atoms with E-state index in [1.807, 2.05) is 0 Å². The van der Waals surface area contributed by atoms with Gasteiger partial charge >= 0.3 is 12.0 Å².